The maximum Gasteiger partial charge on any atom is 0.266 e. The minimum Gasteiger partial charge on any atom is -0.336 e. The van der Waals surface area contributed by atoms with Crippen LogP contribution in [0.25, 0.3) is 0 Å². The van der Waals surface area contributed by atoms with Crippen molar-refractivity contribution in [3.05, 3.63) is 5.89 Å². The van der Waals surface area contributed by atoms with Crippen molar-refractivity contribution in [3.63, 3.8) is 0 Å². The van der Waals surface area contributed by atoms with Crippen LogP contribution >= 0.6 is 0 Å². The number of rotatable bonds is 4. The summed E-state index contributed by atoms with van der Waals surface area (Å²) in [5.74, 6) is 1.39. The topological polar surface area (TPSA) is 57.4 Å². The van der Waals surface area contributed by atoms with Gasteiger partial charge in [-0.3, -0.25) is 0 Å². The Morgan fingerprint density at radius 1 is 1.35 bits per heavy atom. The van der Waals surface area contributed by atoms with Crippen LogP contribution < -0.4 is 10.2 Å². The van der Waals surface area contributed by atoms with E-state index in [1.165, 1.54) is 0 Å². The second kappa shape index (κ2) is 5.46. The Morgan fingerprint density at radius 2 is 2.06 bits per heavy atom. The molecule has 0 aromatic carbocycles. The van der Waals surface area contributed by atoms with Crippen LogP contribution in [0.1, 0.15) is 25.8 Å². The zero-order valence-corrected chi connectivity index (χ0v) is 10.8. The molecule has 1 atom stereocenters. The summed E-state index contributed by atoms with van der Waals surface area (Å²) in [4.78, 5) is 8.92. The molecule has 1 aliphatic rings. The van der Waals surface area contributed by atoms with Crippen molar-refractivity contribution in [2.24, 2.45) is 0 Å². The fraction of sp³-hybridized carbons (Fsp3) is 0.818. The molecule has 0 amide bonds. The highest BCUT2D eigenvalue weighted by molar-refractivity contribution is 5.28. The van der Waals surface area contributed by atoms with E-state index in [0.29, 0.717) is 5.89 Å². The van der Waals surface area contributed by atoms with E-state index in [4.69, 9.17) is 4.52 Å². The monoisotopic (exact) mass is 239 g/mol. The van der Waals surface area contributed by atoms with E-state index in [0.717, 1.165) is 38.7 Å². The maximum absolute atomic E-state index is 5.28. The zero-order chi connectivity index (χ0) is 12.3. The van der Waals surface area contributed by atoms with Crippen molar-refractivity contribution in [3.8, 4) is 0 Å². The molecule has 6 heteroatoms. The summed E-state index contributed by atoms with van der Waals surface area (Å²) in [6, 6.07) is 0.119. The Balaban J connectivity index is 1.98. The molecule has 0 aliphatic carbocycles. The lowest BCUT2D eigenvalue weighted by Crippen LogP contribution is -2.44. The molecule has 2 rings (SSSR count). The van der Waals surface area contributed by atoms with Crippen molar-refractivity contribution in [1.29, 1.82) is 0 Å². The summed E-state index contributed by atoms with van der Waals surface area (Å²) in [7, 11) is 2.13. The SMILES string of the molecule is CCNC(C)c1nc(N2CCN(C)CC2)no1. The van der Waals surface area contributed by atoms with E-state index in [1.54, 1.807) is 0 Å². The molecule has 2 heterocycles. The van der Waals surface area contributed by atoms with Crippen LogP contribution in [0.4, 0.5) is 5.95 Å². The van der Waals surface area contributed by atoms with Crippen molar-refractivity contribution < 1.29 is 4.52 Å². The molecule has 0 saturated carbocycles. The number of aromatic nitrogens is 2. The first-order valence-electron chi connectivity index (χ1n) is 6.21. The van der Waals surface area contributed by atoms with Gasteiger partial charge in [-0.25, -0.2) is 0 Å². The Bertz CT molecular complexity index is 345. The number of nitrogens with zero attached hydrogens (tertiary/aromatic N) is 4. The van der Waals surface area contributed by atoms with Crippen LogP contribution in [-0.4, -0.2) is 54.8 Å². The van der Waals surface area contributed by atoms with Crippen LogP contribution in [0, 0.1) is 0 Å². The van der Waals surface area contributed by atoms with E-state index in [9.17, 15) is 0 Å². The van der Waals surface area contributed by atoms with Gasteiger partial charge in [-0.15, -0.1) is 0 Å². The summed E-state index contributed by atoms with van der Waals surface area (Å²) in [5.41, 5.74) is 0. The Morgan fingerprint density at radius 3 is 2.71 bits per heavy atom. The first-order chi connectivity index (χ1) is 8.20. The van der Waals surface area contributed by atoms with Gasteiger partial charge in [0.15, 0.2) is 0 Å². The Labute approximate surface area is 102 Å². The third-order valence-corrected chi connectivity index (χ3v) is 3.10. The van der Waals surface area contributed by atoms with Gasteiger partial charge < -0.3 is 19.6 Å². The average Bonchev–Trinajstić information content (AvgIpc) is 2.80. The highest BCUT2D eigenvalue weighted by Crippen LogP contribution is 2.16. The van der Waals surface area contributed by atoms with Crippen LogP contribution in [0.15, 0.2) is 4.52 Å². The van der Waals surface area contributed by atoms with E-state index in [-0.39, 0.29) is 6.04 Å². The number of piperazine rings is 1. The third-order valence-electron chi connectivity index (χ3n) is 3.10. The van der Waals surface area contributed by atoms with E-state index in [1.807, 2.05) is 6.92 Å². The number of nitrogens with one attached hydrogen (secondary N) is 1. The number of likely N-dealkylation sites (N-methyl/N-ethyl adjacent to an activating group) is 1. The molecule has 0 spiro atoms. The quantitative estimate of drug-likeness (QED) is 0.825. The fourth-order valence-electron chi connectivity index (χ4n) is 1.93. The van der Waals surface area contributed by atoms with Gasteiger partial charge in [-0.05, 0) is 25.7 Å². The van der Waals surface area contributed by atoms with E-state index >= 15 is 0 Å². The fourth-order valence-corrected chi connectivity index (χ4v) is 1.93. The average molecular weight is 239 g/mol. The number of anilines is 1. The lowest BCUT2D eigenvalue weighted by Gasteiger charge is -2.31. The summed E-state index contributed by atoms with van der Waals surface area (Å²) < 4.78 is 5.28. The molecular weight excluding hydrogens is 218 g/mol. The molecule has 1 aliphatic heterocycles. The minimum atomic E-state index is 0.119. The predicted molar refractivity (Wildman–Crippen MR) is 66.1 cm³/mol. The minimum absolute atomic E-state index is 0.119. The predicted octanol–water partition coefficient (Wildman–Crippen LogP) is 0.492. The first-order valence-corrected chi connectivity index (χ1v) is 6.21. The Kier molecular flexibility index (Phi) is 3.96. The van der Waals surface area contributed by atoms with Gasteiger partial charge in [0.25, 0.3) is 5.95 Å². The molecule has 1 saturated heterocycles. The van der Waals surface area contributed by atoms with Crippen LogP contribution in [0.5, 0.6) is 0 Å². The molecular formula is C11H21N5O. The normalized spacial score (nSPS) is 19.6. The van der Waals surface area contributed by atoms with Gasteiger partial charge in [0.1, 0.15) is 0 Å². The highest BCUT2D eigenvalue weighted by atomic mass is 16.5. The lowest BCUT2D eigenvalue weighted by molar-refractivity contribution is 0.307. The van der Waals surface area contributed by atoms with Crippen molar-refractivity contribution >= 4 is 5.95 Å². The summed E-state index contributed by atoms with van der Waals surface area (Å²) in [6.45, 7) is 9.02. The third kappa shape index (κ3) is 2.95. The molecule has 1 unspecified atom stereocenters. The van der Waals surface area contributed by atoms with Crippen molar-refractivity contribution in [1.82, 2.24) is 20.4 Å². The largest absolute Gasteiger partial charge is 0.336 e. The molecule has 1 N–H and O–H groups in total. The molecule has 17 heavy (non-hydrogen) atoms. The molecule has 6 nitrogen and oxygen atoms in total. The molecule has 96 valence electrons. The summed E-state index contributed by atoms with van der Waals surface area (Å²) >= 11 is 0. The molecule has 1 fully saturated rings. The lowest BCUT2D eigenvalue weighted by atomic mass is 10.3. The van der Waals surface area contributed by atoms with Crippen LogP contribution in [0.3, 0.4) is 0 Å². The van der Waals surface area contributed by atoms with E-state index < -0.39 is 0 Å². The zero-order valence-electron chi connectivity index (χ0n) is 10.8. The number of hydrogen-bond acceptors (Lipinski definition) is 6. The van der Waals surface area contributed by atoms with E-state index in [2.05, 4.69) is 39.2 Å². The van der Waals surface area contributed by atoms with Gasteiger partial charge in [-0.1, -0.05) is 6.92 Å². The van der Waals surface area contributed by atoms with Crippen LogP contribution in [-0.2, 0) is 0 Å². The number of hydrogen-bond donors (Lipinski definition) is 1. The van der Waals surface area contributed by atoms with Crippen LogP contribution in [0.2, 0.25) is 0 Å². The van der Waals surface area contributed by atoms with Crippen molar-refractivity contribution in [2.45, 2.75) is 19.9 Å². The summed E-state index contributed by atoms with van der Waals surface area (Å²) in [6.07, 6.45) is 0. The molecule has 1 aromatic rings. The Hall–Kier alpha value is -1.14. The van der Waals surface area contributed by atoms with Gasteiger partial charge in [-0.2, -0.15) is 4.98 Å². The molecule has 0 bridgehead atoms. The second-order valence-electron chi connectivity index (χ2n) is 4.50. The van der Waals surface area contributed by atoms with Crippen molar-refractivity contribution in [2.75, 3.05) is 44.7 Å². The molecule has 1 aromatic heterocycles. The highest BCUT2D eigenvalue weighted by Gasteiger charge is 2.20. The second-order valence-corrected chi connectivity index (χ2v) is 4.50. The summed E-state index contributed by atoms with van der Waals surface area (Å²) in [5, 5.41) is 7.31. The molecule has 0 radical (unpaired) electrons. The first kappa shape index (κ1) is 12.3. The van der Waals surface area contributed by atoms with Gasteiger partial charge in [0.2, 0.25) is 5.89 Å². The standard InChI is InChI=1S/C11H21N5O/c1-4-12-9(2)10-13-11(14-17-10)16-7-5-15(3)6-8-16/h9,12H,4-8H2,1-3H3. The van der Waals surface area contributed by atoms with Gasteiger partial charge >= 0.3 is 0 Å². The maximum atomic E-state index is 5.28. The van der Waals surface area contributed by atoms with Gasteiger partial charge in [0.05, 0.1) is 6.04 Å². The van der Waals surface area contributed by atoms with Gasteiger partial charge in [0, 0.05) is 26.2 Å². The smallest absolute Gasteiger partial charge is 0.266 e.